The predicted molar refractivity (Wildman–Crippen MR) is 85.9 cm³/mol. The molecule has 0 bridgehead atoms. The Morgan fingerprint density at radius 3 is 3.00 bits per heavy atom. The normalized spacial score (nSPS) is 16.8. The molecule has 2 aromatic carbocycles. The van der Waals surface area contributed by atoms with Crippen LogP contribution in [0, 0.1) is 6.92 Å². The van der Waals surface area contributed by atoms with E-state index in [-0.39, 0.29) is 6.10 Å². The molecule has 0 spiro atoms. The monoisotopic (exact) mass is 305 g/mol. The van der Waals surface area contributed by atoms with E-state index in [4.69, 9.17) is 22.1 Å². The molecule has 20 heavy (non-hydrogen) atoms. The topological polar surface area (TPSA) is 35.2 Å². The van der Waals surface area contributed by atoms with E-state index in [1.54, 1.807) is 11.8 Å². The first-order valence-corrected chi connectivity index (χ1v) is 7.93. The number of thioether (sulfide) groups is 1. The highest BCUT2D eigenvalue weighted by Crippen LogP contribution is 2.36. The molecule has 1 aliphatic rings. The van der Waals surface area contributed by atoms with Gasteiger partial charge in [-0.2, -0.15) is 0 Å². The van der Waals surface area contributed by atoms with Crippen LogP contribution in [0.3, 0.4) is 0 Å². The Morgan fingerprint density at radius 1 is 1.35 bits per heavy atom. The maximum Gasteiger partial charge on any atom is 0.123 e. The molecule has 0 amide bonds. The predicted octanol–water partition coefficient (Wildman–Crippen LogP) is 4.33. The fraction of sp³-hybridized carbons (Fsp3) is 0.250. The molecule has 1 atom stereocenters. The number of anilines is 1. The molecule has 2 aromatic rings. The van der Waals surface area contributed by atoms with Gasteiger partial charge in [-0.15, -0.1) is 11.8 Å². The average molecular weight is 306 g/mol. The molecular weight excluding hydrogens is 290 g/mol. The van der Waals surface area contributed by atoms with E-state index < -0.39 is 0 Å². The summed E-state index contributed by atoms with van der Waals surface area (Å²) in [6, 6.07) is 11.9. The molecular formula is C16H16ClNOS. The fourth-order valence-electron chi connectivity index (χ4n) is 2.40. The van der Waals surface area contributed by atoms with Gasteiger partial charge in [0, 0.05) is 22.8 Å². The Hall–Kier alpha value is -1.32. The molecule has 1 aliphatic heterocycles. The molecule has 2 nitrogen and oxygen atoms in total. The lowest BCUT2D eigenvalue weighted by molar-refractivity contribution is 0.259. The van der Waals surface area contributed by atoms with E-state index in [9.17, 15) is 0 Å². The van der Waals surface area contributed by atoms with Gasteiger partial charge in [0.25, 0.3) is 0 Å². The van der Waals surface area contributed by atoms with Crippen LogP contribution in [0.4, 0.5) is 5.69 Å². The summed E-state index contributed by atoms with van der Waals surface area (Å²) in [6.07, 6.45) is 1.14. The van der Waals surface area contributed by atoms with Crippen LogP contribution in [0.2, 0.25) is 5.02 Å². The van der Waals surface area contributed by atoms with Gasteiger partial charge in [-0.05, 0) is 30.7 Å². The third kappa shape index (κ3) is 2.74. The van der Waals surface area contributed by atoms with Crippen LogP contribution in [0.25, 0.3) is 0 Å². The standard InChI is InChI=1S/C16H16ClNOS/c1-10-5-6-15-11(7-10)8-12(19-15)9-20-16-13(17)3-2-4-14(16)18/h2-7,12H,8-9,18H2,1H3. The summed E-state index contributed by atoms with van der Waals surface area (Å²) < 4.78 is 5.96. The van der Waals surface area contributed by atoms with Crippen molar-refractivity contribution in [1.82, 2.24) is 0 Å². The summed E-state index contributed by atoms with van der Waals surface area (Å²) in [5.74, 6) is 1.86. The van der Waals surface area contributed by atoms with Crippen molar-refractivity contribution in [2.75, 3.05) is 11.5 Å². The Bertz CT molecular complexity index is 624. The van der Waals surface area contributed by atoms with Crippen molar-refractivity contribution in [3.05, 3.63) is 52.5 Å². The molecule has 104 valence electrons. The van der Waals surface area contributed by atoms with E-state index in [1.165, 1.54) is 11.1 Å². The second-order valence-corrected chi connectivity index (χ2v) is 6.46. The Labute approximate surface area is 128 Å². The van der Waals surface area contributed by atoms with Gasteiger partial charge in [-0.1, -0.05) is 35.4 Å². The van der Waals surface area contributed by atoms with Gasteiger partial charge in [0.1, 0.15) is 11.9 Å². The van der Waals surface area contributed by atoms with Crippen LogP contribution in [-0.4, -0.2) is 11.9 Å². The molecule has 0 saturated carbocycles. The highest BCUT2D eigenvalue weighted by atomic mass is 35.5. The Morgan fingerprint density at radius 2 is 2.20 bits per heavy atom. The number of nitrogen functional groups attached to an aromatic ring is 1. The van der Waals surface area contributed by atoms with Crippen molar-refractivity contribution in [3.8, 4) is 5.75 Å². The maximum atomic E-state index is 6.18. The van der Waals surface area contributed by atoms with E-state index in [2.05, 4.69) is 25.1 Å². The number of hydrogen-bond acceptors (Lipinski definition) is 3. The van der Waals surface area contributed by atoms with Crippen molar-refractivity contribution in [2.45, 2.75) is 24.3 Å². The van der Waals surface area contributed by atoms with Crippen LogP contribution in [0.5, 0.6) is 5.75 Å². The van der Waals surface area contributed by atoms with Crippen molar-refractivity contribution >= 4 is 29.1 Å². The smallest absolute Gasteiger partial charge is 0.123 e. The van der Waals surface area contributed by atoms with Crippen LogP contribution in [-0.2, 0) is 6.42 Å². The third-order valence-corrected chi connectivity index (χ3v) is 5.08. The van der Waals surface area contributed by atoms with Crippen molar-refractivity contribution in [3.63, 3.8) is 0 Å². The quantitative estimate of drug-likeness (QED) is 0.677. The molecule has 0 fully saturated rings. The lowest BCUT2D eigenvalue weighted by Gasteiger charge is -2.12. The average Bonchev–Trinajstić information content (AvgIpc) is 2.80. The second-order valence-electron chi connectivity index (χ2n) is 5.02. The van der Waals surface area contributed by atoms with Gasteiger partial charge in [-0.25, -0.2) is 0 Å². The van der Waals surface area contributed by atoms with Crippen LogP contribution in [0.15, 0.2) is 41.3 Å². The first-order chi connectivity index (χ1) is 9.63. The first-order valence-electron chi connectivity index (χ1n) is 6.56. The lowest BCUT2D eigenvalue weighted by atomic mass is 10.1. The summed E-state index contributed by atoms with van der Waals surface area (Å²) in [4.78, 5) is 0.949. The molecule has 0 aromatic heterocycles. The fourth-order valence-corrected chi connectivity index (χ4v) is 3.72. The SMILES string of the molecule is Cc1ccc2c(c1)CC(CSc1c(N)cccc1Cl)O2. The van der Waals surface area contributed by atoms with Gasteiger partial charge >= 0.3 is 0 Å². The zero-order valence-corrected chi connectivity index (χ0v) is 12.8. The summed E-state index contributed by atoms with van der Waals surface area (Å²) >= 11 is 7.85. The zero-order chi connectivity index (χ0) is 14.1. The number of aryl methyl sites for hydroxylation is 1. The minimum Gasteiger partial charge on any atom is -0.489 e. The Balaban J connectivity index is 1.67. The van der Waals surface area contributed by atoms with Crippen LogP contribution >= 0.6 is 23.4 Å². The highest BCUT2D eigenvalue weighted by Gasteiger charge is 2.23. The van der Waals surface area contributed by atoms with Crippen molar-refractivity contribution in [1.29, 1.82) is 0 Å². The zero-order valence-electron chi connectivity index (χ0n) is 11.2. The third-order valence-electron chi connectivity index (χ3n) is 3.37. The molecule has 1 heterocycles. The summed E-state index contributed by atoms with van der Waals surface area (Å²) in [6.45, 7) is 2.10. The molecule has 0 saturated heterocycles. The summed E-state index contributed by atoms with van der Waals surface area (Å²) in [7, 11) is 0. The number of halogens is 1. The summed E-state index contributed by atoms with van der Waals surface area (Å²) in [5, 5.41) is 0.710. The minimum atomic E-state index is 0.187. The number of ether oxygens (including phenoxy) is 1. The maximum absolute atomic E-state index is 6.18. The number of nitrogens with two attached hydrogens (primary N) is 1. The summed E-state index contributed by atoms with van der Waals surface area (Å²) in [5.41, 5.74) is 9.26. The molecule has 0 aliphatic carbocycles. The van der Waals surface area contributed by atoms with Gasteiger partial charge in [0.05, 0.1) is 5.02 Å². The van der Waals surface area contributed by atoms with Gasteiger partial charge in [0.2, 0.25) is 0 Å². The molecule has 0 radical (unpaired) electrons. The largest absolute Gasteiger partial charge is 0.489 e. The van der Waals surface area contributed by atoms with Crippen molar-refractivity contribution in [2.24, 2.45) is 0 Å². The molecule has 2 N–H and O–H groups in total. The lowest BCUT2D eigenvalue weighted by Crippen LogP contribution is -2.16. The van der Waals surface area contributed by atoms with Crippen LogP contribution < -0.4 is 10.5 Å². The molecule has 1 unspecified atom stereocenters. The van der Waals surface area contributed by atoms with Gasteiger partial charge in [-0.3, -0.25) is 0 Å². The number of hydrogen-bond donors (Lipinski definition) is 1. The number of benzene rings is 2. The number of fused-ring (bicyclic) bond motifs is 1. The van der Waals surface area contributed by atoms with Crippen LogP contribution in [0.1, 0.15) is 11.1 Å². The van der Waals surface area contributed by atoms with E-state index in [1.807, 2.05) is 18.2 Å². The van der Waals surface area contributed by atoms with Gasteiger partial charge < -0.3 is 10.5 Å². The molecule has 3 rings (SSSR count). The molecule has 4 heteroatoms. The van der Waals surface area contributed by atoms with Crippen molar-refractivity contribution < 1.29 is 4.74 Å². The highest BCUT2D eigenvalue weighted by molar-refractivity contribution is 7.99. The first kappa shape index (κ1) is 13.7. The van der Waals surface area contributed by atoms with E-state index >= 15 is 0 Å². The minimum absolute atomic E-state index is 0.187. The van der Waals surface area contributed by atoms with E-state index in [0.29, 0.717) is 5.02 Å². The number of rotatable bonds is 3. The van der Waals surface area contributed by atoms with Gasteiger partial charge in [0.15, 0.2) is 0 Å². The van der Waals surface area contributed by atoms with E-state index in [0.717, 1.165) is 28.5 Å². The second kappa shape index (κ2) is 5.58. The Kier molecular flexibility index (Phi) is 3.81.